The number of aromatic nitrogens is 4. The molecule has 2 heterocycles. The van der Waals surface area contributed by atoms with E-state index in [-0.39, 0.29) is 24.9 Å². The smallest absolute Gasteiger partial charge is 0.302 e. The van der Waals surface area contributed by atoms with Gasteiger partial charge in [-0.15, -0.1) is 15.0 Å². The lowest BCUT2D eigenvalue weighted by Gasteiger charge is -2.24. The standard InChI is InChI=1S/C16H17BrN4O3/c1-11(22)23-10-14-3-2-4-16(24-14)21-19-15(18-20-21)9-12-5-7-13(17)8-6-12/h2-3,5-8,14,16H,4,9-10H2,1H3. The van der Waals surface area contributed by atoms with Crippen LogP contribution in [0.2, 0.25) is 0 Å². The third-order valence-corrected chi connectivity index (χ3v) is 4.00. The average Bonchev–Trinajstić information content (AvgIpc) is 3.04. The molecule has 0 amide bonds. The van der Waals surface area contributed by atoms with Crippen LogP contribution in [0.25, 0.3) is 0 Å². The summed E-state index contributed by atoms with van der Waals surface area (Å²) in [5.74, 6) is 0.303. The van der Waals surface area contributed by atoms with Gasteiger partial charge in [0.25, 0.3) is 0 Å². The summed E-state index contributed by atoms with van der Waals surface area (Å²) in [7, 11) is 0. The zero-order chi connectivity index (χ0) is 16.9. The Hall–Kier alpha value is -2.06. The highest BCUT2D eigenvalue weighted by molar-refractivity contribution is 9.10. The minimum atomic E-state index is -0.346. The second kappa shape index (κ2) is 7.67. The second-order valence-electron chi connectivity index (χ2n) is 5.42. The maximum Gasteiger partial charge on any atom is 0.302 e. The van der Waals surface area contributed by atoms with E-state index in [0.717, 1.165) is 10.0 Å². The number of esters is 1. The highest BCUT2D eigenvalue weighted by Gasteiger charge is 2.22. The van der Waals surface area contributed by atoms with Crippen LogP contribution in [0.5, 0.6) is 0 Å². The monoisotopic (exact) mass is 392 g/mol. The van der Waals surface area contributed by atoms with E-state index < -0.39 is 0 Å². The highest BCUT2D eigenvalue weighted by atomic mass is 79.9. The molecule has 1 aromatic heterocycles. The first-order chi connectivity index (χ1) is 11.6. The third kappa shape index (κ3) is 4.48. The molecule has 0 spiro atoms. The van der Waals surface area contributed by atoms with Crippen LogP contribution < -0.4 is 0 Å². The predicted octanol–water partition coefficient (Wildman–Crippen LogP) is 2.43. The minimum Gasteiger partial charge on any atom is -0.463 e. The lowest BCUT2D eigenvalue weighted by atomic mass is 10.1. The van der Waals surface area contributed by atoms with Gasteiger partial charge in [-0.1, -0.05) is 40.2 Å². The number of nitrogens with zero attached hydrogens (tertiary/aromatic N) is 4. The molecule has 8 heteroatoms. The van der Waals surface area contributed by atoms with Crippen LogP contribution in [0.1, 0.15) is 31.0 Å². The van der Waals surface area contributed by atoms with Crippen LogP contribution in [0.4, 0.5) is 0 Å². The molecular weight excluding hydrogens is 376 g/mol. The van der Waals surface area contributed by atoms with Crippen LogP contribution in [-0.2, 0) is 20.7 Å². The maximum atomic E-state index is 10.9. The predicted molar refractivity (Wildman–Crippen MR) is 89.1 cm³/mol. The highest BCUT2D eigenvalue weighted by Crippen LogP contribution is 2.21. The van der Waals surface area contributed by atoms with Crippen molar-refractivity contribution in [2.45, 2.75) is 32.1 Å². The van der Waals surface area contributed by atoms with Gasteiger partial charge in [-0.3, -0.25) is 4.79 Å². The first kappa shape index (κ1) is 16.8. The number of hydrogen-bond donors (Lipinski definition) is 0. The third-order valence-electron chi connectivity index (χ3n) is 3.47. The van der Waals surface area contributed by atoms with Crippen LogP contribution in [-0.4, -0.2) is 38.9 Å². The molecule has 2 unspecified atom stereocenters. The Kier molecular flexibility index (Phi) is 5.37. The minimum absolute atomic E-state index is 0.183. The van der Waals surface area contributed by atoms with Crippen molar-refractivity contribution in [1.82, 2.24) is 20.2 Å². The van der Waals surface area contributed by atoms with Gasteiger partial charge in [-0.05, 0) is 22.9 Å². The molecule has 7 nitrogen and oxygen atoms in total. The van der Waals surface area contributed by atoms with Gasteiger partial charge < -0.3 is 9.47 Å². The summed E-state index contributed by atoms with van der Waals surface area (Å²) in [6.07, 6.45) is 4.45. The molecule has 3 rings (SSSR count). The zero-order valence-corrected chi connectivity index (χ0v) is 14.7. The van der Waals surface area contributed by atoms with Crippen LogP contribution in [0.3, 0.4) is 0 Å². The molecule has 0 fully saturated rings. The SMILES string of the molecule is CC(=O)OCC1C=CCC(n2nnc(Cc3ccc(Br)cc3)n2)O1. The Morgan fingerprint density at radius 1 is 1.42 bits per heavy atom. The summed E-state index contributed by atoms with van der Waals surface area (Å²) < 4.78 is 11.8. The molecule has 1 aromatic carbocycles. The molecule has 0 aliphatic carbocycles. The van der Waals surface area contributed by atoms with E-state index in [4.69, 9.17) is 9.47 Å². The van der Waals surface area contributed by atoms with Crippen molar-refractivity contribution < 1.29 is 14.3 Å². The van der Waals surface area contributed by atoms with Gasteiger partial charge in [-0.25, -0.2) is 0 Å². The van der Waals surface area contributed by atoms with Crippen molar-refractivity contribution in [3.05, 3.63) is 52.3 Å². The molecule has 126 valence electrons. The molecule has 2 atom stereocenters. The quantitative estimate of drug-likeness (QED) is 0.574. The molecule has 2 aromatic rings. The van der Waals surface area contributed by atoms with E-state index >= 15 is 0 Å². The Morgan fingerprint density at radius 3 is 2.96 bits per heavy atom. The molecule has 0 bridgehead atoms. The van der Waals surface area contributed by atoms with Gasteiger partial charge in [0.15, 0.2) is 12.1 Å². The fourth-order valence-corrected chi connectivity index (χ4v) is 2.59. The van der Waals surface area contributed by atoms with E-state index in [9.17, 15) is 4.79 Å². The Balaban J connectivity index is 1.61. The van der Waals surface area contributed by atoms with Gasteiger partial charge >= 0.3 is 5.97 Å². The number of carbonyl (C=O) groups is 1. The summed E-state index contributed by atoms with van der Waals surface area (Å²) in [4.78, 5) is 12.4. The Morgan fingerprint density at radius 2 is 2.21 bits per heavy atom. The van der Waals surface area contributed by atoms with Crippen molar-refractivity contribution in [1.29, 1.82) is 0 Å². The normalized spacial score (nSPS) is 20.1. The number of halogens is 1. The maximum absolute atomic E-state index is 10.9. The van der Waals surface area contributed by atoms with Crippen LogP contribution in [0.15, 0.2) is 40.9 Å². The van der Waals surface area contributed by atoms with Crippen molar-refractivity contribution in [3.63, 3.8) is 0 Å². The van der Waals surface area contributed by atoms with Gasteiger partial charge in [0, 0.05) is 24.2 Å². The molecule has 24 heavy (non-hydrogen) atoms. The summed E-state index contributed by atoms with van der Waals surface area (Å²) in [5.41, 5.74) is 1.11. The van der Waals surface area contributed by atoms with Gasteiger partial charge in [-0.2, -0.15) is 0 Å². The Bertz CT molecular complexity index is 729. The number of rotatable bonds is 5. The molecule has 0 saturated heterocycles. The lowest BCUT2D eigenvalue weighted by molar-refractivity contribution is -0.148. The molecule has 0 saturated carbocycles. The van der Waals surface area contributed by atoms with Gasteiger partial charge in [0.1, 0.15) is 12.7 Å². The van der Waals surface area contributed by atoms with Gasteiger partial charge in [0.2, 0.25) is 0 Å². The van der Waals surface area contributed by atoms with Crippen molar-refractivity contribution in [3.8, 4) is 0 Å². The Labute approximate surface area is 147 Å². The average molecular weight is 393 g/mol. The fraction of sp³-hybridized carbons (Fsp3) is 0.375. The van der Waals surface area contributed by atoms with Crippen LogP contribution >= 0.6 is 15.9 Å². The molecule has 0 N–H and O–H groups in total. The van der Waals surface area contributed by atoms with E-state index in [1.54, 1.807) is 0 Å². The van der Waals surface area contributed by atoms with Crippen LogP contribution in [0, 0.1) is 0 Å². The largest absolute Gasteiger partial charge is 0.463 e. The molecule has 0 radical (unpaired) electrons. The van der Waals surface area contributed by atoms with E-state index in [1.165, 1.54) is 11.7 Å². The lowest BCUT2D eigenvalue weighted by Crippen LogP contribution is -2.28. The number of hydrogen-bond acceptors (Lipinski definition) is 6. The fourth-order valence-electron chi connectivity index (χ4n) is 2.33. The van der Waals surface area contributed by atoms with E-state index in [2.05, 4.69) is 31.3 Å². The number of carbonyl (C=O) groups excluding carboxylic acids is 1. The first-order valence-electron chi connectivity index (χ1n) is 7.58. The summed E-state index contributed by atoms with van der Waals surface area (Å²) >= 11 is 3.41. The van der Waals surface area contributed by atoms with Crippen molar-refractivity contribution in [2.75, 3.05) is 6.61 Å². The second-order valence-corrected chi connectivity index (χ2v) is 6.34. The van der Waals surface area contributed by atoms with E-state index in [0.29, 0.717) is 18.7 Å². The van der Waals surface area contributed by atoms with Crippen molar-refractivity contribution >= 4 is 21.9 Å². The van der Waals surface area contributed by atoms with Crippen molar-refractivity contribution in [2.24, 2.45) is 0 Å². The molecule has 1 aliphatic rings. The number of benzene rings is 1. The zero-order valence-electron chi connectivity index (χ0n) is 13.1. The summed E-state index contributed by atoms with van der Waals surface area (Å²) in [6.45, 7) is 1.56. The molecular formula is C16H17BrN4O3. The first-order valence-corrected chi connectivity index (χ1v) is 8.38. The topological polar surface area (TPSA) is 79.1 Å². The summed E-state index contributed by atoms with van der Waals surface area (Å²) in [5, 5.41) is 12.6. The van der Waals surface area contributed by atoms with E-state index in [1.807, 2.05) is 36.4 Å². The number of tetrazole rings is 1. The summed E-state index contributed by atoms with van der Waals surface area (Å²) in [6, 6.07) is 7.99. The molecule has 1 aliphatic heterocycles. The van der Waals surface area contributed by atoms with Gasteiger partial charge in [0.05, 0.1) is 0 Å². The number of ether oxygens (including phenoxy) is 2.